The van der Waals surface area contributed by atoms with Gasteiger partial charge in [-0.3, -0.25) is 0 Å². The molecule has 68 valence electrons. The zero-order valence-corrected chi connectivity index (χ0v) is 8.27. The number of hydrogen-bond donors (Lipinski definition) is 1. The average molecular weight is 186 g/mol. The van der Waals surface area contributed by atoms with E-state index >= 15 is 0 Å². The summed E-state index contributed by atoms with van der Waals surface area (Å²) in [7, 11) is 0. The molecule has 0 spiro atoms. The fourth-order valence-corrected chi connectivity index (χ4v) is 1.30. The minimum atomic E-state index is 0.543. The number of nitrogens with zero attached hydrogens (tertiary/aromatic N) is 3. The second-order valence-corrected chi connectivity index (χ2v) is 3.24. The molecule has 12 heavy (non-hydrogen) atoms. The van der Waals surface area contributed by atoms with Crippen LogP contribution >= 0.6 is 12.2 Å². The van der Waals surface area contributed by atoms with Gasteiger partial charge in [0, 0.05) is 6.54 Å². The maximum Gasteiger partial charge on any atom is 0.238 e. The van der Waals surface area contributed by atoms with Crippen molar-refractivity contribution in [3.8, 4) is 0 Å². The van der Waals surface area contributed by atoms with E-state index in [0.717, 1.165) is 19.4 Å². The molecule has 0 bridgehead atoms. The number of rotatable bonds is 4. The highest BCUT2D eigenvalue weighted by molar-refractivity contribution is 7.71. The minimum absolute atomic E-state index is 0.543. The molecule has 1 aromatic rings. The molecule has 0 saturated heterocycles. The fourth-order valence-electron chi connectivity index (χ4n) is 1.14. The Morgan fingerprint density at radius 1 is 1.50 bits per heavy atom. The van der Waals surface area contributed by atoms with Crippen molar-refractivity contribution in [2.75, 3.05) is 0 Å². The van der Waals surface area contributed by atoms with Gasteiger partial charge in [0.25, 0.3) is 0 Å². The standard InChI is InChI=1S/C7H14N4S/c1-3-6(4-2)5-11-7(12)8-9-10-11/h6H,3-5H2,1-2H3,(H,8,10,12). The molecule has 0 aliphatic carbocycles. The van der Waals surface area contributed by atoms with Crippen LogP contribution in [0.5, 0.6) is 0 Å². The maximum atomic E-state index is 4.96. The SMILES string of the molecule is CCC(CC)Cn1[nH]nnc1=S. The van der Waals surface area contributed by atoms with Gasteiger partial charge in [0.1, 0.15) is 0 Å². The quantitative estimate of drug-likeness (QED) is 0.729. The minimum Gasteiger partial charge on any atom is -0.242 e. The molecule has 0 aromatic carbocycles. The largest absolute Gasteiger partial charge is 0.242 e. The highest BCUT2D eigenvalue weighted by atomic mass is 32.1. The topological polar surface area (TPSA) is 46.5 Å². The van der Waals surface area contributed by atoms with Crippen LogP contribution in [0.2, 0.25) is 0 Å². The monoisotopic (exact) mass is 186 g/mol. The summed E-state index contributed by atoms with van der Waals surface area (Å²) in [4.78, 5) is 0. The van der Waals surface area contributed by atoms with E-state index in [9.17, 15) is 0 Å². The number of aromatic amines is 1. The maximum absolute atomic E-state index is 4.96. The summed E-state index contributed by atoms with van der Waals surface area (Å²) in [6.45, 7) is 5.27. The lowest BCUT2D eigenvalue weighted by molar-refractivity contribution is 0.388. The Kier molecular flexibility index (Phi) is 3.40. The third-order valence-corrected chi connectivity index (χ3v) is 2.43. The summed E-state index contributed by atoms with van der Waals surface area (Å²) >= 11 is 4.96. The van der Waals surface area contributed by atoms with E-state index in [1.54, 1.807) is 0 Å². The highest BCUT2D eigenvalue weighted by Crippen LogP contribution is 2.09. The van der Waals surface area contributed by atoms with E-state index in [1.807, 2.05) is 4.68 Å². The Morgan fingerprint density at radius 2 is 2.17 bits per heavy atom. The number of tetrazole rings is 1. The van der Waals surface area contributed by atoms with E-state index in [1.165, 1.54) is 0 Å². The molecule has 0 aliphatic heterocycles. The molecule has 4 nitrogen and oxygen atoms in total. The van der Waals surface area contributed by atoms with E-state index < -0.39 is 0 Å². The summed E-state index contributed by atoms with van der Waals surface area (Å²) < 4.78 is 2.36. The van der Waals surface area contributed by atoms with Gasteiger partial charge in [-0.25, -0.2) is 4.68 Å². The van der Waals surface area contributed by atoms with Gasteiger partial charge in [0.05, 0.1) is 0 Å². The molecular formula is C7H14N4S. The zero-order chi connectivity index (χ0) is 8.97. The van der Waals surface area contributed by atoms with E-state index in [4.69, 9.17) is 12.2 Å². The lowest BCUT2D eigenvalue weighted by atomic mass is 10.0. The molecule has 0 atom stereocenters. The van der Waals surface area contributed by atoms with Crippen molar-refractivity contribution in [2.24, 2.45) is 5.92 Å². The molecule has 1 aromatic heterocycles. The van der Waals surface area contributed by atoms with Gasteiger partial charge in [0.15, 0.2) is 0 Å². The molecule has 0 radical (unpaired) electrons. The number of H-pyrrole nitrogens is 1. The van der Waals surface area contributed by atoms with Crippen molar-refractivity contribution in [3.63, 3.8) is 0 Å². The predicted molar refractivity (Wildman–Crippen MR) is 49.3 cm³/mol. The van der Waals surface area contributed by atoms with Crippen molar-refractivity contribution in [1.82, 2.24) is 20.2 Å². The van der Waals surface area contributed by atoms with Gasteiger partial charge in [-0.1, -0.05) is 37.0 Å². The van der Waals surface area contributed by atoms with Crippen LogP contribution in [0, 0.1) is 10.7 Å². The van der Waals surface area contributed by atoms with Crippen LogP contribution < -0.4 is 0 Å². The van der Waals surface area contributed by atoms with Crippen molar-refractivity contribution in [2.45, 2.75) is 33.2 Å². The van der Waals surface area contributed by atoms with Crippen molar-refractivity contribution in [1.29, 1.82) is 0 Å². The third kappa shape index (κ3) is 2.14. The van der Waals surface area contributed by atoms with Gasteiger partial charge in [-0.05, 0) is 18.1 Å². The summed E-state index contributed by atoms with van der Waals surface area (Å²) in [6.07, 6.45) is 2.33. The second-order valence-electron chi connectivity index (χ2n) is 2.88. The van der Waals surface area contributed by atoms with Gasteiger partial charge < -0.3 is 0 Å². The molecule has 0 aliphatic rings. The van der Waals surface area contributed by atoms with Crippen LogP contribution in [0.3, 0.4) is 0 Å². The van der Waals surface area contributed by atoms with Crippen LogP contribution in [-0.2, 0) is 6.54 Å². The first kappa shape index (κ1) is 9.38. The Labute approximate surface area is 77.0 Å². The molecular weight excluding hydrogens is 172 g/mol. The molecule has 0 fully saturated rings. The van der Waals surface area contributed by atoms with Crippen molar-refractivity contribution < 1.29 is 0 Å². The molecule has 0 unspecified atom stereocenters. The van der Waals surface area contributed by atoms with E-state index in [0.29, 0.717) is 10.7 Å². The zero-order valence-electron chi connectivity index (χ0n) is 7.45. The molecule has 1 rings (SSSR count). The van der Waals surface area contributed by atoms with Crippen LogP contribution in [-0.4, -0.2) is 20.2 Å². The molecule has 1 heterocycles. The third-order valence-electron chi connectivity index (χ3n) is 2.13. The second kappa shape index (κ2) is 4.35. The van der Waals surface area contributed by atoms with Crippen LogP contribution in [0.15, 0.2) is 0 Å². The molecule has 0 amide bonds. The first-order valence-corrected chi connectivity index (χ1v) is 4.66. The first-order chi connectivity index (χ1) is 5.77. The normalized spacial score (nSPS) is 10.9. The molecule has 1 N–H and O–H groups in total. The molecule has 0 saturated carbocycles. The van der Waals surface area contributed by atoms with Crippen LogP contribution in [0.4, 0.5) is 0 Å². The smallest absolute Gasteiger partial charge is 0.238 e. The van der Waals surface area contributed by atoms with E-state index in [-0.39, 0.29) is 0 Å². The van der Waals surface area contributed by atoms with Crippen LogP contribution in [0.1, 0.15) is 26.7 Å². The van der Waals surface area contributed by atoms with Crippen molar-refractivity contribution in [3.05, 3.63) is 4.77 Å². The average Bonchev–Trinajstić information content (AvgIpc) is 2.47. The fraction of sp³-hybridized carbons (Fsp3) is 0.857. The summed E-state index contributed by atoms with van der Waals surface area (Å²) in [5.41, 5.74) is 0. The predicted octanol–water partition coefficient (Wildman–Crippen LogP) is 1.77. The Bertz CT molecular complexity index is 273. The first-order valence-electron chi connectivity index (χ1n) is 4.25. The van der Waals surface area contributed by atoms with Gasteiger partial charge in [-0.15, -0.1) is 0 Å². The number of nitrogens with one attached hydrogen (secondary N) is 1. The van der Waals surface area contributed by atoms with Crippen LogP contribution in [0.25, 0.3) is 0 Å². The van der Waals surface area contributed by atoms with Crippen molar-refractivity contribution >= 4 is 12.2 Å². The summed E-state index contributed by atoms with van der Waals surface area (Å²) in [5.74, 6) is 0.666. The Hall–Kier alpha value is -0.710. The summed E-state index contributed by atoms with van der Waals surface area (Å²) in [6, 6.07) is 0. The molecule has 5 heteroatoms. The van der Waals surface area contributed by atoms with E-state index in [2.05, 4.69) is 29.4 Å². The Morgan fingerprint density at radius 3 is 2.58 bits per heavy atom. The van der Waals surface area contributed by atoms with Gasteiger partial charge in [-0.2, -0.15) is 5.21 Å². The lowest BCUT2D eigenvalue weighted by Gasteiger charge is -2.10. The van der Waals surface area contributed by atoms with Gasteiger partial charge in [0.2, 0.25) is 4.77 Å². The van der Waals surface area contributed by atoms with Gasteiger partial charge >= 0.3 is 0 Å². The lowest BCUT2D eigenvalue weighted by Crippen LogP contribution is -2.10. The summed E-state index contributed by atoms with van der Waals surface area (Å²) in [5, 5.41) is 10.1. The number of aromatic nitrogens is 4. The highest BCUT2D eigenvalue weighted by Gasteiger charge is 2.05. The number of hydrogen-bond acceptors (Lipinski definition) is 3. The Balaban J connectivity index is 2.62.